The molecule has 1 heterocycles. The second-order valence-corrected chi connectivity index (χ2v) is 5.62. The third kappa shape index (κ3) is 4.00. The number of carboxylic acid groups (broad SMARTS) is 1. The maximum atomic E-state index is 10.8. The van der Waals surface area contributed by atoms with Crippen molar-refractivity contribution in [1.29, 1.82) is 0 Å². The van der Waals surface area contributed by atoms with Gasteiger partial charge in [-0.2, -0.15) is 0 Å². The van der Waals surface area contributed by atoms with Crippen molar-refractivity contribution in [3.05, 3.63) is 45.3 Å². The number of rotatable bonds is 4. The molecule has 0 atom stereocenters. The maximum absolute atomic E-state index is 10.8. The van der Waals surface area contributed by atoms with Crippen LogP contribution in [0.5, 0.6) is 0 Å². The van der Waals surface area contributed by atoms with Crippen molar-refractivity contribution in [2.24, 2.45) is 0 Å². The Morgan fingerprint density at radius 3 is 2.84 bits per heavy atom. The van der Waals surface area contributed by atoms with Gasteiger partial charge in [-0.15, -0.1) is 12.6 Å². The third-order valence-corrected chi connectivity index (χ3v) is 4.11. The van der Waals surface area contributed by atoms with Gasteiger partial charge in [0, 0.05) is 24.7 Å². The summed E-state index contributed by atoms with van der Waals surface area (Å²) >= 11 is 10.5. The normalized spacial score (nSPS) is 16.7. The van der Waals surface area contributed by atoms with Crippen LogP contribution in [0, 0.1) is 0 Å². The minimum Gasteiger partial charge on any atom is -0.481 e. The minimum absolute atomic E-state index is 0.0673. The van der Waals surface area contributed by atoms with Gasteiger partial charge in [0.2, 0.25) is 0 Å². The van der Waals surface area contributed by atoms with Gasteiger partial charge in [-0.1, -0.05) is 29.8 Å². The van der Waals surface area contributed by atoms with Gasteiger partial charge in [0.15, 0.2) is 0 Å². The van der Waals surface area contributed by atoms with E-state index in [1.807, 2.05) is 24.3 Å². The summed E-state index contributed by atoms with van der Waals surface area (Å²) in [4.78, 5) is 13.9. The van der Waals surface area contributed by atoms with Crippen LogP contribution in [0.25, 0.3) is 0 Å². The second-order valence-electron chi connectivity index (χ2n) is 4.67. The number of hydrogen-bond donors (Lipinski definition) is 2. The minimum atomic E-state index is -0.804. The van der Waals surface area contributed by atoms with E-state index in [-0.39, 0.29) is 6.42 Å². The van der Waals surface area contributed by atoms with Gasteiger partial charge in [-0.05, 0) is 28.5 Å². The van der Waals surface area contributed by atoms with Crippen molar-refractivity contribution < 1.29 is 9.90 Å². The van der Waals surface area contributed by atoms with Gasteiger partial charge in [0.25, 0.3) is 0 Å². The fourth-order valence-corrected chi connectivity index (χ4v) is 2.67. The van der Waals surface area contributed by atoms with Crippen LogP contribution in [0.3, 0.4) is 0 Å². The van der Waals surface area contributed by atoms with Crippen LogP contribution < -0.4 is 0 Å². The van der Waals surface area contributed by atoms with Crippen LogP contribution in [-0.4, -0.2) is 29.1 Å². The van der Waals surface area contributed by atoms with Crippen LogP contribution in [0.1, 0.15) is 18.4 Å². The average Bonchev–Trinajstić information content (AvgIpc) is 2.35. The lowest BCUT2D eigenvalue weighted by molar-refractivity contribution is -0.136. The Morgan fingerprint density at radius 1 is 1.42 bits per heavy atom. The van der Waals surface area contributed by atoms with E-state index in [4.69, 9.17) is 16.7 Å². The molecule has 1 N–H and O–H groups in total. The zero-order valence-corrected chi connectivity index (χ0v) is 12.1. The quantitative estimate of drug-likeness (QED) is 0.839. The summed E-state index contributed by atoms with van der Waals surface area (Å²) in [5.41, 5.74) is 1.97. The first kappa shape index (κ1) is 14.4. The molecule has 0 aliphatic carbocycles. The highest BCUT2D eigenvalue weighted by molar-refractivity contribution is 7.84. The number of aliphatic carboxylic acids is 1. The van der Waals surface area contributed by atoms with Crippen molar-refractivity contribution in [3.8, 4) is 0 Å². The van der Waals surface area contributed by atoms with E-state index in [1.165, 1.54) is 0 Å². The summed E-state index contributed by atoms with van der Waals surface area (Å²) in [6, 6.07) is 7.74. The van der Waals surface area contributed by atoms with Gasteiger partial charge in [-0.25, -0.2) is 0 Å². The molecule has 0 amide bonds. The largest absolute Gasteiger partial charge is 0.481 e. The standard InChI is InChI=1S/C14H16ClNO2S/c15-12-4-2-1-3-10(12)8-16-6-5-13(19)11(9-16)7-14(17)18/h1-4,19H,5-9H2,(H,17,18). The Morgan fingerprint density at radius 2 is 2.16 bits per heavy atom. The average molecular weight is 298 g/mol. The summed E-state index contributed by atoms with van der Waals surface area (Å²) in [5, 5.41) is 9.65. The van der Waals surface area contributed by atoms with Crippen molar-refractivity contribution in [3.63, 3.8) is 0 Å². The Bertz CT molecular complexity index is 516. The van der Waals surface area contributed by atoms with Crippen LogP contribution >= 0.6 is 24.2 Å². The molecule has 0 saturated heterocycles. The SMILES string of the molecule is O=C(O)CC1=C(S)CCN(Cc2ccccc2Cl)C1. The molecule has 0 fully saturated rings. The Hall–Kier alpha value is -0.970. The summed E-state index contributed by atoms with van der Waals surface area (Å²) in [7, 11) is 0. The molecule has 0 unspecified atom stereocenters. The number of benzene rings is 1. The zero-order valence-electron chi connectivity index (χ0n) is 10.5. The molecule has 0 aromatic heterocycles. The molecule has 1 aliphatic heterocycles. The van der Waals surface area contributed by atoms with E-state index in [0.717, 1.165) is 40.6 Å². The third-order valence-electron chi connectivity index (χ3n) is 3.20. The molecule has 1 aromatic carbocycles. The van der Waals surface area contributed by atoms with Crippen LogP contribution in [0.15, 0.2) is 34.7 Å². The number of hydrogen-bond acceptors (Lipinski definition) is 3. The van der Waals surface area contributed by atoms with Gasteiger partial charge < -0.3 is 5.11 Å². The topological polar surface area (TPSA) is 40.5 Å². The van der Waals surface area contributed by atoms with E-state index in [2.05, 4.69) is 17.5 Å². The number of carbonyl (C=O) groups is 1. The predicted octanol–water partition coefficient (Wildman–Crippen LogP) is 3.20. The molecule has 0 bridgehead atoms. The van der Waals surface area contributed by atoms with Crippen LogP contribution in [0.2, 0.25) is 5.02 Å². The molecule has 1 aromatic rings. The lowest BCUT2D eigenvalue weighted by Crippen LogP contribution is -2.31. The number of halogens is 1. The highest BCUT2D eigenvalue weighted by Crippen LogP contribution is 2.25. The summed E-state index contributed by atoms with van der Waals surface area (Å²) in [6.45, 7) is 2.27. The Kier molecular flexibility index (Phi) is 4.91. The molecule has 0 radical (unpaired) electrons. The molecule has 102 valence electrons. The van der Waals surface area contributed by atoms with E-state index < -0.39 is 5.97 Å². The van der Waals surface area contributed by atoms with Crippen molar-refractivity contribution in [1.82, 2.24) is 4.90 Å². The summed E-state index contributed by atoms with van der Waals surface area (Å²) in [6.07, 6.45) is 0.869. The summed E-state index contributed by atoms with van der Waals surface area (Å²) < 4.78 is 0. The van der Waals surface area contributed by atoms with E-state index in [9.17, 15) is 4.79 Å². The molecule has 1 aliphatic rings. The van der Waals surface area contributed by atoms with Gasteiger partial charge in [0.1, 0.15) is 0 Å². The number of nitrogens with zero attached hydrogens (tertiary/aromatic N) is 1. The van der Waals surface area contributed by atoms with E-state index in [1.54, 1.807) is 0 Å². The fraction of sp³-hybridized carbons (Fsp3) is 0.357. The monoisotopic (exact) mass is 297 g/mol. The van der Waals surface area contributed by atoms with Crippen LogP contribution in [0.4, 0.5) is 0 Å². The van der Waals surface area contributed by atoms with Gasteiger partial charge in [0.05, 0.1) is 6.42 Å². The first-order chi connectivity index (χ1) is 9.06. The fourth-order valence-electron chi connectivity index (χ4n) is 2.22. The molecule has 19 heavy (non-hydrogen) atoms. The first-order valence-corrected chi connectivity index (χ1v) is 6.96. The van der Waals surface area contributed by atoms with Gasteiger partial charge in [-0.3, -0.25) is 9.69 Å². The molecule has 5 heteroatoms. The number of carboxylic acids is 1. The molecule has 0 saturated carbocycles. The van der Waals surface area contributed by atoms with Crippen LogP contribution in [-0.2, 0) is 11.3 Å². The smallest absolute Gasteiger partial charge is 0.307 e. The first-order valence-electron chi connectivity index (χ1n) is 6.13. The van der Waals surface area contributed by atoms with Crippen molar-refractivity contribution in [2.45, 2.75) is 19.4 Å². The summed E-state index contributed by atoms with van der Waals surface area (Å²) in [5.74, 6) is -0.804. The predicted molar refractivity (Wildman–Crippen MR) is 79.6 cm³/mol. The molecule has 2 rings (SSSR count). The Balaban J connectivity index is 2.05. The van der Waals surface area contributed by atoms with Gasteiger partial charge >= 0.3 is 5.97 Å². The Labute approximate surface area is 123 Å². The lowest BCUT2D eigenvalue weighted by atomic mass is 10.1. The van der Waals surface area contributed by atoms with E-state index in [0.29, 0.717) is 6.54 Å². The number of thiol groups is 1. The molecule has 3 nitrogen and oxygen atoms in total. The molecular formula is C14H16ClNO2S. The lowest BCUT2D eigenvalue weighted by Gasteiger charge is -2.29. The molecular weight excluding hydrogens is 282 g/mol. The highest BCUT2D eigenvalue weighted by atomic mass is 35.5. The van der Waals surface area contributed by atoms with Crippen molar-refractivity contribution >= 4 is 30.2 Å². The van der Waals surface area contributed by atoms with E-state index >= 15 is 0 Å². The molecule has 0 spiro atoms. The second kappa shape index (κ2) is 6.46. The van der Waals surface area contributed by atoms with Crippen molar-refractivity contribution in [2.75, 3.05) is 13.1 Å². The highest BCUT2D eigenvalue weighted by Gasteiger charge is 2.19. The maximum Gasteiger partial charge on any atom is 0.307 e. The zero-order chi connectivity index (χ0) is 13.8.